The third-order valence-corrected chi connectivity index (χ3v) is 5.17. The number of hydrogen-bond acceptors (Lipinski definition) is 5. The number of primary sulfonamides is 1. The van der Waals surface area contributed by atoms with Crippen LogP contribution in [0.5, 0.6) is 0 Å². The van der Waals surface area contributed by atoms with Crippen LogP contribution in [0.25, 0.3) is 0 Å². The highest BCUT2D eigenvalue weighted by Crippen LogP contribution is 2.19. The van der Waals surface area contributed by atoms with Crippen LogP contribution < -0.4 is 15.9 Å². The number of nitrogens with two attached hydrogens (primary N) is 1. The number of carbonyl (C=O) groups excluding carboxylic acids is 1. The van der Waals surface area contributed by atoms with Crippen LogP contribution in [-0.2, 0) is 16.6 Å². The lowest BCUT2D eigenvalue weighted by Gasteiger charge is -2.03. The summed E-state index contributed by atoms with van der Waals surface area (Å²) in [6, 6.07) is 4.27. The third-order valence-electron chi connectivity index (χ3n) is 2.64. The van der Waals surface area contributed by atoms with Crippen molar-refractivity contribution in [2.24, 2.45) is 5.14 Å². The smallest absolute Gasteiger partial charge is 0.257 e. The first-order valence-electron chi connectivity index (χ1n) is 5.86. The summed E-state index contributed by atoms with van der Waals surface area (Å²) in [7, 11) is -3.73. The topological polar surface area (TPSA) is 122 Å². The molecule has 2 heterocycles. The van der Waals surface area contributed by atoms with Crippen molar-refractivity contribution in [2.45, 2.75) is 17.7 Å². The number of thiophene rings is 1. The molecule has 7 nitrogen and oxygen atoms in total. The summed E-state index contributed by atoms with van der Waals surface area (Å²) in [5.74, 6) is -0.526. The molecule has 0 saturated carbocycles. The Bertz CT molecular complexity index is 836. The summed E-state index contributed by atoms with van der Waals surface area (Å²) in [5.41, 5.74) is 0.289. The molecule has 0 aliphatic heterocycles. The number of hydrogen-bond donors (Lipinski definition) is 3. The molecule has 4 N–H and O–H groups in total. The fraction of sp³-hybridized carbons (Fsp3) is 0.167. The highest BCUT2D eigenvalue weighted by molar-refractivity contribution is 7.91. The molecular weight excluding hydrogens is 314 g/mol. The zero-order valence-electron chi connectivity index (χ0n) is 11.0. The van der Waals surface area contributed by atoms with E-state index < -0.39 is 15.9 Å². The Hall–Kier alpha value is -1.97. The van der Waals surface area contributed by atoms with Crippen molar-refractivity contribution in [2.75, 3.05) is 0 Å². The SMILES string of the molecule is Cc1cc(=O)c(C(=O)NCc2ccc(S(N)(=O)=O)s2)c[nH]1. The van der Waals surface area contributed by atoms with E-state index in [0.29, 0.717) is 10.6 Å². The van der Waals surface area contributed by atoms with Gasteiger partial charge in [0.2, 0.25) is 10.0 Å². The maximum atomic E-state index is 11.9. The Kier molecular flexibility index (Phi) is 4.26. The van der Waals surface area contributed by atoms with Crippen LogP contribution in [-0.4, -0.2) is 19.3 Å². The molecule has 0 unspecified atom stereocenters. The maximum absolute atomic E-state index is 11.9. The number of nitrogens with one attached hydrogen (secondary N) is 2. The first-order chi connectivity index (χ1) is 9.77. The van der Waals surface area contributed by atoms with Crippen LogP contribution in [0.15, 0.2) is 33.4 Å². The Morgan fingerprint density at radius 3 is 2.71 bits per heavy atom. The number of sulfonamides is 1. The zero-order valence-corrected chi connectivity index (χ0v) is 12.7. The van der Waals surface area contributed by atoms with Crippen LogP contribution in [0.1, 0.15) is 20.9 Å². The minimum atomic E-state index is -3.73. The molecule has 21 heavy (non-hydrogen) atoms. The summed E-state index contributed by atoms with van der Waals surface area (Å²) >= 11 is 0.970. The van der Waals surface area contributed by atoms with E-state index in [1.165, 1.54) is 18.3 Å². The first-order valence-corrected chi connectivity index (χ1v) is 8.22. The van der Waals surface area contributed by atoms with Crippen LogP contribution >= 0.6 is 11.3 Å². The lowest BCUT2D eigenvalue weighted by Crippen LogP contribution is -2.28. The summed E-state index contributed by atoms with van der Waals surface area (Å²) in [6.07, 6.45) is 1.34. The average Bonchev–Trinajstić information content (AvgIpc) is 2.84. The van der Waals surface area contributed by atoms with Gasteiger partial charge in [-0.3, -0.25) is 9.59 Å². The highest BCUT2D eigenvalue weighted by atomic mass is 32.2. The molecule has 0 bridgehead atoms. The number of H-pyrrole nitrogens is 1. The molecule has 0 aromatic carbocycles. The maximum Gasteiger partial charge on any atom is 0.257 e. The van der Waals surface area contributed by atoms with Gasteiger partial charge in [0.1, 0.15) is 9.77 Å². The molecule has 0 atom stereocenters. The van der Waals surface area contributed by atoms with Crippen molar-refractivity contribution in [3.63, 3.8) is 0 Å². The number of amides is 1. The summed E-state index contributed by atoms with van der Waals surface area (Å²) in [6.45, 7) is 1.83. The van der Waals surface area contributed by atoms with Gasteiger partial charge in [0.15, 0.2) is 5.43 Å². The standard InChI is InChI=1S/C12H13N3O4S2/c1-7-4-10(16)9(6-14-7)12(17)15-5-8-2-3-11(20-8)21(13,18)19/h2-4,6H,5H2,1H3,(H,14,16)(H,15,17)(H2,13,18,19). The third kappa shape index (κ3) is 3.78. The number of carbonyl (C=O) groups is 1. The second kappa shape index (κ2) is 5.80. The Labute approximate surface area is 124 Å². The van der Waals surface area contributed by atoms with Gasteiger partial charge in [0, 0.05) is 22.8 Å². The lowest BCUT2D eigenvalue weighted by molar-refractivity contribution is 0.0950. The van der Waals surface area contributed by atoms with Crippen molar-refractivity contribution in [3.8, 4) is 0 Å². The number of aromatic amines is 1. The van der Waals surface area contributed by atoms with E-state index in [1.54, 1.807) is 13.0 Å². The molecule has 1 amide bonds. The number of pyridine rings is 1. The normalized spacial score (nSPS) is 11.3. The zero-order chi connectivity index (χ0) is 15.6. The lowest BCUT2D eigenvalue weighted by atomic mass is 10.2. The van der Waals surface area contributed by atoms with Gasteiger partial charge < -0.3 is 10.3 Å². The second-order valence-corrected chi connectivity index (χ2v) is 7.30. The van der Waals surface area contributed by atoms with Gasteiger partial charge in [0.25, 0.3) is 5.91 Å². The fourth-order valence-corrected chi connectivity index (χ4v) is 3.34. The monoisotopic (exact) mass is 327 g/mol. The van der Waals surface area contributed by atoms with Crippen molar-refractivity contribution in [1.29, 1.82) is 0 Å². The Balaban J connectivity index is 2.08. The molecule has 112 valence electrons. The van der Waals surface area contributed by atoms with E-state index in [9.17, 15) is 18.0 Å². The van der Waals surface area contributed by atoms with Crippen molar-refractivity contribution in [3.05, 3.63) is 50.8 Å². The molecule has 9 heteroatoms. The van der Waals surface area contributed by atoms with E-state index in [1.807, 2.05) is 0 Å². The van der Waals surface area contributed by atoms with Crippen molar-refractivity contribution >= 4 is 27.3 Å². The molecule has 0 spiro atoms. The number of aromatic nitrogens is 1. The molecule has 0 aliphatic carbocycles. The molecule has 0 radical (unpaired) electrons. The average molecular weight is 327 g/mol. The van der Waals surface area contributed by atoms with Gasteiger partial charge in [-0.15, -0.1) is 11.3 Å². The van der Waals surface area contributed by atoms with Crippen molar-refractivity contribution in [1.82, 2.24) is 10.3 Å². The second-order valence-electron chi connectivity index (χ2n) is 4.34. The molecule has 0 fully saturated rings. The number of aryl methyl sites for hydroxylation is 1. The Morgan fingerprint density at radius 1 is 1.43 bits per heavy atom. The van der Waals surface area contributed by atoms with Crippen molar-refractivity contribution < 1.29 is 13.2 Å². The minimum Gasteiger partial charge on any atom is -0.364 e. The predicted molar refractivity (Wildman–Crippen MR) is 78.7 cm³/mol. The largest absolute Gasteiger partial charge is 0.364 e. The van der Waals surface area contributed by atoms with E-state index >= 15 is 0 Å². The van der Waals surface area contributed by atoms with E-state index in [0.717, 1.165) is 11.3 Å². The molecule has 0 aliphatic rings. The van der Waals surface area contributed by atoms with E-state index in [4.69, 9.17) is 5.14 Å². The summed E-state index contributed by atoms with van der Waals surface area (Å²) in [4.78, 5) is 26.9. The summed E-state index contributed by atoms with van der Waals surface area (Å²) < 4.78 is 22.3. The van der Waals surface area contributed by atoms with Crippen LogP contribution in [0.4, 0.5) is 0 Å². The molecule has 2 aromatic heterocycles. The number of rotatable bonds is 4. The fourth-order valence-electron chi connectivity index (χ4n) is 1.62. The van der Waals surface area contributed by atoms with Crippen LogP contribution in [0.3, 0.4) is 0 Å². The quantitative estimate of drug-likeness (QED) is 0.748. The van der Waals surface area contributed by atoms with Gasteiger partial charge in [-0.2, -0.15) is 0 Å². The molecule has 2 rings (SSSR count). The Morgan fingerprint density at radius 2 is 2.14 bits per heavy atom. The summed E-state index contributed by atoms with van der Waals surface area (Å²) in [5, 5.41) is 7.56. The van der Waals surface area contributed by atoms with Gasteiger partial charge in [-0.25, -0.2) is 13.6 Å². The van der Waals surface area contributed by atoms with Gasteiger partial charge in [0.05, 0.1) is 6.54 Å². The van der Waals surface area contributed by atoms with E-state index in [2.05, 4.69) is 10.3 Å². The molecule has 0 saturated heterocycles. The van der Waals surface area contributed by atoms with Crippen LogP contribution in [0.2, 0.25) is 0 Å². The minimum absolute atomic E-state index is 0.00354. The van der Waals surface area contributed by atoms with Gasteiger partial charge in [-0.1, -0.05) is 0 Å². The van der Waals surface area contributed by atoms with Gasteiger partial charge >= 0.3 is 0 Å². The molecular formula is C12H13N3O4S2. The molecule has 2 aromatic rings. The predicted octanol–water partition coefficient (Wildman–Crippen LogP) is 0.322. The first kappa shape index (κ1) is 15.4. The van der Waals surface area contributed by atoms with E-state index in [-0.39, 0.29) is 21.7 Å². The van der Waals surface area contributed by atoms with Gasteiger partial charge in [-0.05, 0) is 19.1 Å². The van der Waals surface area contributed by atoms with Crippen LogP contribution in [0, 0.1) is 6.92 Å². The highest BCUT2D eigenvalue weighted by Gasteiger charge is 2.13.